The Hall–Kier alpha value is -3.91. The third-order valence-electron chi connectivity index (χ3n) is 5.31. The number of carboxylic acids is 1. The topological polar surface area (TPSA) is 261 Å². The Kier molecular flexibility index (Phi) is 14.1. The van der Waals surface area contributed by atoms with Crippen molar-refractivity contribution >= 4 is 29.7 Å². The highest BCUT2D eigenvalue weighted by Crippen LogP contribution is 2.12. The summed E-state index contributed by atoms with van der Waals surface area (Å²) in [5, 5.41) is 25.9. The van der Waals surface area contributed by atoms with Gasteiger partial charge in [-0.05, 0) is 56.3 Å². The summed E-state index contributed by atoms with van der Waals surface area (Å²) in [5.41, 5.74) is 22.7. The molecule has 0 aromatic heterocycles. The van der Waals surface area contributed by atoms with E-state index in [-0.39, 0.29) is 37.5 Å². The van der Waals surface area contributed by atoms with Crippen LogP contribution in [0.15, 0.2) is 29.3 Å². The zero-order valence-corrected chi connectivity index (χ0v) is 20.7. The third kappa shape index (κ3) is 13.1. The van der Waals surface area contributed by atoms with Crippen LogP contribution in [0.5, 0.6) is 5.75 Å². The highest BCUT2D eigenvalue weighted by atomic mass is 16.4. The number of carbonyl (C=O) groups is 4. The Morgan fingerprint density at radius 3 is 2.14 bits per heavy atom. The van der Waals surface area contributed by atoms with Gasteiger partial charge in [0, 0.05) is 13.0 Å². The van der Waals surface area contributed by atoms with E-state index in [0.29, 0.717) is 31.4 Å². The molecule has 14 heteroatoms. The van der Waals surface area contributed by atoms with Crippen LogP contribution in [0.25, 0.3) is 0 Å². The fraction of sp³-hybridized carbons (Fsp3) is 0.522. The summed E-state index contributed by atoms with van der Waals surface area (Å²) < 4.78 is 0. The molecule has 0 bridgehead atoms. The van der Waals surface area contributed by atoms with Crippen molar-refractivity contribution in [2.75, 3.05) is 19.6 Å². The van der Waals surface area contributed by atoms with Crippen molar-refractivity contribution in [1.82, 2.24) is 16.0 Å². The molecule has 1 aromatic carbocycles. The summed E-state index contributed by atoms with van der Waals surface area (Å²) in [6.45, 7) is 0.0686. The number of rotatable bonds is 17. The fourth-order valence-electron chi connectivity index (χ4n) is 3.33. The number of nitrogens with two attached hydrogens (primary N) is 4. The van der Waals surface area contributed by atoms with Crippen LogP contribution in [0.2, 0.25) is 0 Å². The van der Waals surface area contributed by atoms with E-state index in [1.165, 1.54) is 12.1 Å². The number of benzene rings is 1. The molecule has 3 atom stereocenters. The summed E-state index contributed by atoms with van der Waals surface area (Å²) in [6, 6.07) is 2.98. The molecule has 3 amide bonds. The molecule has 0 aliphatic heterocycles. The number of hydrogen-bond donors (Lipinski definition) is 9. The number of aliphatic imine (C=N–C) groups is 1. The van der Waals surface area contributed by atoms with Crippen molar-refractivity contribution in [3.63, 3.8) is 0 Å². The first-order chi connectivity index (χ1) is 17.5. The molecule has 0 fully saturated rings. The first kappa shape index (κ1) is 31.1. The van der Waals surface area contributed by atoms with Crippen molar-refractivity contribution in [3.8, 4) is 5.75 Å². The van der Waals surface area contributed by atoms with Gasteiger partial charge in [-0.2, -0.15) is 0 Å². The van der Waals surface area contributed by atoms with Gasteiger partial charge in [0.05, 0.1) is 6.04 Å². The van der Waals surface area contributed by atoms with Gasteiger partial charge in [-0.25, -0.2) is 0 Å². The standard InChI is InChI=1S/C23H38N8O6/c24-10-2-1-5-17(21(36)29-13-19(33)34)30-22(37)18(12-14-6-8-15(32)9-7-14)31-20(35)16(25)4-3-11-28-23(26)27/h6-9,16-18,32H,1-5,10-13,24-25H2,(H,29,36)(H,30,37)(H,31,35)(H,33,34)(H4,26,27,28). The van der Waals surface area contributed by atoms with Crippen molar-refractivity contribution in [2.24, 2.45) is 27.9 Å². The van der Waals surface area contributed by atoms with Crippen LogP contribution < -0.4 is 38.9 Å². The van der Waals surface area contributed by atoms with Gasteiger partial charge in [0.1, 0.15) is 24.4 Å². The lowest BCUT2D eigenvalue weighted by Gasteiger charge is -2.24. The predicted octanol–water partition coefficient (Wildman–Crippen LogP) is -2.38. The number of aromatic hydroxyl groups is 1. The number of carbonyl (C=O) groups excluding carboxylic acids is 3. The van der Waals surface area contributed by atoms with Gasteiger partial charge in [-0.3, -0.25) is 24.2 Å². The number of aliphatic carboxylic acids is 1. The number of hydrogen-bond acceptors (Lipinski definition) is 8. The van der Waals surface area contributed by atoms with E-state index in [1.54, 1.807) is 12.1 Å². The molecule has 206 valence electrons. The van der Waals surface area contributed by atoms with Crippen LogP contribution in [0, 0.1) is 0 Å². The largest absolute Gasteiger partial charge is 0.508 e. The number of phenols is 1. The van der Waals surface area contributed by atoms with E-state index in [1.807, 2.05) is 0 Å². The van der Waals surface area contributed by atoms with Crippen LogP contribution in [-0.4, -0.2) is 77.6 Å². The van der Waals surface area contributed by atoms with Gasteiger partial charge in [-0.15, -0.1) is 0 Å². The minimum Gasteiger partial charge on any atom is -0.508 e. The molecule has 0 aliphatic rings. The van der Waals surface area contributed by atoms with Crippen molar-refractivity contribution < 1.29 is 29.4 Å². The molecule has 0 saturated carbocycles. The summed E-state index contributed by atoms with van der Waals surface area (Å²) >= 11 is 0. The number of carboxylic acid groups (broad SMARTS) is 1. The van der Waals surface area contributed by atoms with Crippen LogP contribution in [0.3, 0.4) is 0 Å². The molecule has 37 heavy (non-hydrogen) atoms. The van der Waals surface area contributed by atoms with Gasteiger partial charge >= 0.3 is 5.97 Å². The normalized spacial score (nSPS) is 13.0. The van der Waals surface area contributed by atoms with E-state index in [4.69, 9.17) is 28.0 Å². The van der Waals surface area contributed by atoms with E-state index < -0.39 is 48.4 Å². The SMILES string of the molecule is NCCCCC(NC(=O)C(Cc1ccc(O)cc1)NC(=O)C(N)CCCN=C(N)N)C(=O)NCC(=O)O. The monoisotopic (exact) mass is 522 g/mol. The summed E-state index contributed by atoms with van der Waals surface area (Å²) in [6.07, 6.45) is 2.08. The molecule has 0 aliphatic carbocycles. The highest BCUT2D eigenvalue weighted by Gasteiger charge is 2.28. The van der Waals surface area contributed by atoms with Gasteiger partial charge < -0.3 is 49.1 Å². The lowest BCUT2D eigenvalue weighted by molar-refractivity contribution is -0.138. The summed E-state index contributed by atoms with van der Waals surface area (Å²) in [5.74, 6) is -3.18. The number of guanidine groups is 1. The zero-order valence-electron chi connectivity index (χ0n) is 20.7. The minimum atomic E-state index is -1.23. The number of amides is 3. The number of unbranched alkanes of at least 4 members (excludes halogenated alkanes) is 1. The van der Waals surface area contributed by atoms with Gasteiger partial charge in [0.2, 0.25) is 17.7 Å². The Balaban J connectivity index is 2.98. The second kappa shape index (κ2) is 16.7. The fourth-order valence-corrected chi connectivity index (χ4v) is 3.33. The van der Waals surface area contributed by atoms with Crippen LogP contribution >= 0.6 is 0 Å². The Labute approximate surface area is 215 Å². The second-order valence-corrected chi connectivity index (χ2v) is 8.44. The molecule has 0 saturated heterocycles. The average molecular weight is 523 g/mol. The first-order valence-corrected chi connectivity index (χ1v) is 11.9. The van der Waals surface area contributed by atoms with Crippen LogP contribution in [0.4, 0.5) is 0 Å². The molecule has 13 N–H and O–H groups in total. The summed E-state index contributed by atoms with van der Waals surface area (Å²) in [7, 11) is 0. The zero-order chi connectivity index (χ0) is 27.8. The number of nitrogens with zero attached hydrogens (tertiary/aromatic N) is 1. The van der Waals surface area contributed by atoms with Crippen molar-refractivity contribution in [2.45, 2.75) is 56.7 Å². The molecule has 0 heterocycles. The van der Waals surface area contributed by atoms with E-state index >= 15 is 0 Å². The molecule has 0 spiro atoms. The molecule has 0 radical (unpaired) electrons. The molecule has 1 rings (SSSR count). The van der Waals surface area contributed by atoms with Gasteiger partial charge in [-0.1, -0.05) is 12.1 Å². The smallest absolute Gasteiger partial charge is 0.322 e. The lowest BCUT2D eigenvalue weighted by atomic mass is 10.0. The van der Waals surface area contributed by atoms with E-state index in [2.05, 4.69) is 20.9 Å². The Morgan fingerprint density at radius 1 is 0.892 bits per heavy atom. The van der Waals surface area contributed by atoms with Crippen molar-refractivity contribution in [3.05, 3.63) is 29.8 Å². The maximum absolute atomic E-state index is 13.2. The highest BCUT2D eigenvalue weighted by molar-refractivity contribution is 5.93. The molecule has 1 aromatic rings. The minimum absolute atomic E-state index is 0.0339. The molecule has 14 nitrogen and oxygen atoms in total. The number of nitrogens with one attached hydrogen (secondary N) is 3. The number of phenolic OH excluding ortho intramolecular Hbond substituents is 1. The average Bonchev–Trinajstić information content (AvgIpc) is 2.85. The second-order valence-electron chi connectivity index (χ2n) is 8.44. The first-order valence-electron chi connectivity index (χ1n) is 11.9. The van der Waals surface area contributed by atoms with Crippen LogP contribution in [0.1, 0.15) is 37.7 Å². The maximum atomic E-state index is 13.2. The van der Waals surface area contributed by atoms with Gasteiger partial charge in [0.15, 0.2) is 5.96 Å². The molecule has 3 unspecified atom stereocenters. The lowest BCUT2D eigenvalue weighted by Crippen LogP contribution is -2.56. The molecular formula is C23H38N8O6. The Bertz CT molecular complexity index is 920. The third-order valence-corrected chi connectivity index (χ3v) is 5.31. The molecular weight excluding hydrogens is 484 g/mol. The van der Waals surface area contributed by atoms with Crippen molar-refractivity contribution in [1.29, 1.82) is 0 Å². The van der Waals surface area contributed by atoms with Crippen LogP contribution in [-0.2, 0) is 25.6 Å². The van der Waals surface area contributed by atoms with E-state index in [0.717, 1.165) is 0 Å². The van der Waals surface area contributed by atoms with E-state index in [9.17, 15) is 24.3 Å². The summed E-state index contributed by atoms with van der Waals surface area (Å²) in [4.78, 5) is 53.2. The Morgan fingerprint density at radius 2 is 1.54 bits per heavy atom. The maximum Gasteiger partial charge on any atom is 0.322 e. The predicted molar refractivity (Wildman–Crippen MR) is 137 cm³/mol. The van der Waals surface area contributed by atoms with Gasteiger partial charge in [0.25, 0.3) is 0 Å². The quantitative estimate of drug-likeness (QED) is 0.0595.